The van der Waals surface area contributed by atoms with Crippen LogP contribution in [0, 0.1) is 0 Å². The van der Waals surface area contributed by atoms with Gasteiger partial charge in [-0.2, -0.15) is 11.3 Å². The van der Waals surface area contributed by atoms with Crippen molar-refractivity contribution >= 4 is 27.3 Å². The molecule has 0 fully saturated rings. The van der Waals surface area contributed by atoms with Crippen LogP contribution in [0.25, 0.3) is 0 Å². The number of hydrogen-bond acceptors (Lipinski definition) is 3. The Kier molecular flexibility index (Phi) is 4.51. The third-order valence-electron chi connectivity index (χ3n) is 2.26. The highest BCUT2D eigenvalue weighted by Gasteiger charge is 1.96. The fourth-order valence-electron chi connectivity index (χ4n) is 1.45. The molecule has 0 unspecified atom stereocenters. The molecular weight excluding hydrogens is 284 g/mol. The van der Waals surface area contributed by atoms with E-state index in [1.54, 1.807) is 17.5 Å². The molecule has 0 aromatic carbocycles. The Balaban J connectivity index is 1.72. The van der Waals surface area contributed by atoms with E-state index in [0.717, 1.165) is 24.0 Å². The van der Waals surface area contributed by atoms with Crippen LogP contribution in [0.5, 0.6) is 0 Å². The molecule has 84 valence electrons. The molecule has 16 heavy (non-hydrogen) atoms. The van der Waals surface area contributed by atoms with Crippen LogP contribution in [0.4, 0.5) is 0 Å². The Bertz CT molecular complexity index is 428. The lowest BCUT2D eigenvalue weighted by atomic mass is 10.2. The third-order valence-corrected chi connectivity index (χ3v) is 3.43. The number of hydrogen-bond donors (Lipinski definition) is 1. The molecule has 0 aliphatic carbocycles. The maximum Gasteiger partial charge on any atom is 0.0410 e. The predicted molar refractivity (Wildman–Crippen MR) is 71.7 cm³/mol. The minimum Gasteiger partial charge on any atom is -0.312 e. The minimum atomic E-state index is 0.872. The SMILES string of the molecule is Brc1cncc(CNCCc2ccsc2)c1. The van der Waals surface area contributed by atoms with Crippen LogP contribution in [0.15, 0.2) is 39.8 Å². The van der Waals surface area contributed by atoms with Gasteiger partial charge in [0.05, 0.1) is 0 Å². The van der Waals surface area contributed by atoms with Gasteiger partial charge < -0.3 is 5.32 Å². The van der Waals surface area contributed by atoms with Gasteiger partial charge in [0, 0.05) is 23.4 Å². The molecule has 1 N–H and O–H groups in total. The summed E-state index contributed by atoms with van der Waals surface area (Å²) in [6.07, 6.45) is 4.78. The molecule has 0 atom stereocenters. The third kappa shape index (κ3) is 3.70. The fraction of sp³-hybridized carbons (Fsp3) is 0.250. The molecular formula is C12H13BrN2S. The summed E-state index contributed by atoms with van der Waals surface area (Å²) in [5.74, 6) is 0. The lowest BCUT2D eigenvalue weighted by molar-refractivity contribution is 0.686. The van der Waals surface area contributed by atoms with Gasteiger partial charge in [-0.05, 0) is 62.9 Å². The highest BCUT2D eigenvalue weighted by molar-refractivity contribution is 9.10. The molecule has 0 radical (unpaired) electrons. The number of nitrogens with zero attached hydrogens (tertiary/aromatic N) is 1. The summed E-state index contributed by atoms with van der Waals surface area (Å²) in [4.78, 5) is 4.13. The van der Waals surface area contributed by atoms with E-state index in [-0.39, 0.29) is 0 Å². The van der Waals surface area contributed by atoms with Gasteiger partial charge in [-0.15, -0.1) is 0 Å². The van der Waals surface area contributed by atoms with Gasteiger partial charge in [0.2, 0.25) is 0 Å². The zero-order chi connectivity index (χ0) is 11.2. The van der Waals surface area contributed by atoms with E-state index in [2.05, 4.69) is 49.1 Å². The first-order valence-corrected chi connectivity index (χ1v) is 6.89. The van der Waals surface area contributed by atoms with Gasteiger partial charge in [0.1, 0.15) is 0 Å². The summed E-state index contributed by atoms with van der Waals surface area (Å²) in [6.45, 7) is 1.87. The highest BCUT2D eigenvalue weighted by atomic mass is 79.9. The zero-order valence-electron chi connectivity index (χ0n) is 8.82. The van der Waals surface area contributed by atoms with E-state index >= 15 is 0 Å². The Morgan fingerprint density at radius 3 is 3.00 bits per heavy atom. The molecule has 0 aliphatic heterocycles. The Morgan fingerprint density at radius 1 is 1.31 bits per heavy atom. The van der Waals surface area contributed by atoms with Crippen LogP contribution >= 0.6 is 27.3 Å². The Hall–Kier alpha value is -0.710. The van der Waals surface area contributed by atoms with E-state index < -0.39 is 0 Å². The van der Waals surface area contributed by atoms with Crippen molar-refractivity contribution in [2.75, 3.05) is 6.54 Å². The monoisotopic (exact) mass is 296 g/mol. The fourth-order valence-corrected chi connectivity index (χ4v) is 2.57. The number of nitrogens with one attached hydrogen (secondary N) is 1. The summed E-state index contributed by atoms with van der Waals surface area (Å²) < 4.78 is 1.03. The van der Waals surface area contributed by atoms with Crippen LogP contribution in [-0.2, 0) is 13.0 Å². The maximum absolute atomic E-state index is 4.13. The second kappa shape index (κ2) is 6.13. The van der Waals surface area contributed by atoms with Crippen molar-refractivity contribution in [2.24, 2.45) is 0 Å². The molecule has 0 amide bonds. The Morgan fingerprint density at radius 2 is 2.25 bits per heavy atom. The van der Waals surface area contributed by atoms with Crippen molar-refractivity contribution in [2.45, 2.75) is 13.0 Å². The van der Waals surface area contributed by atoms with Crippen molar-refractivity contribution in [1.82, 2.24) is 10.3 Å². The standard InChI is InChI=1S/C12H13BrN2S/c13-12-5-11(7-15-8-12)6-14-3-1-10-2-4-16-9-10/h2,4-5,7-9,14H,1,3,6H2. The molecule has 0 aliphatic rings. The van der Waals surface area contributed by atoms with Gasteiger partial charge in [0.15, 0.2) is 0 Å². The number of aromatic nitrogens is 1. The van der Waals surface area contributed by atoms with Crippen LogP contribution in [0.3, 0.4) is 0 Å². The van der Waals surface area contributed by atoms with Crippen LogP contribution in [-0.4, -0.2) is 11.5 Å². The van der Waals surface area contributed by atoms with Gasteiger partial charge >= 0.3 is 0 Å². The summed E-state index contributed by atoms with van der Waals surface area (Å²) in [6, 6.07) is 4.26. The highest BCUT2D eigenvalue weighted by Crippen LogP contribution is 2.09. The molecule has 0 bridgehead atoms. The number of halogens is 1. The smallest absolute Gasteiger partial charge is 0.0410 e. The quantitative estimate of drug-likeness (QED) is 0.857. The van der Waals surface area contributed by atoms with E-state index in [1.165, 1.54) is 11.1 Å². The van der Waals surface area contributed by atoms with E-state index in [9.17, 15) is 0 Å². The van der Waals surface area contributed by atoms with Crippen molar-refractivity contribution in [3.63, 3.8) is 0 Å². The molecule has 2 aromatic rings. The molecule has 2 rings (SSSR count). The summed E-state index contributed by atoms with van der Waals surface area (Å²) >= 11 is 5.17. The molecule has 4 heteroatoms. The average Bonchev–Trinajstić information content (AvgIpc) is 2.77. The van der Waals surface area contributed by atoms with Gasteiger partial charge in [-0.3, -0.25) is 4.98 Å². The average molecular weight is 297 g/mol. The Labute approximate surface area is 108 Å². The molecule has 2 nitrogen and oxygen atoms in total. The van der Waals surface area contributed by atoms with Gasteiger partial charge in [0.25, 0.3) is 0 Å². The molecule has 0 spiro atoms. The van der Waals surface area contributed by atoms with E-state index in [4.69, 9.17) is 0 Å². The molecule has 2 heterocycles. The van der Waals surface area contributed by atoms with Crippen LogP contribution in [0.2, 0.25) is 0 Å². The number of thiophene rings is 1. The number of pyridine rings is 1. The maximum atomic E-state index is 4.13. The summed E-state index contributed by atoms with van der Waals surface area (Å²) in [7, 11) is 0. The lowest BCUT2D eigenvalue weighted by Crippen LogP contribution is -2.16. The molecule has 0 saturated heterocycles. The van der Waals surface area contributed by atoms with Crippen LogP contribution < -0.4 is 5.32 Å². The summed E-state index contributed by atoms with van der Waals surface area (Å²) in [5, 5.41) is 7.73. The second-order valence-electron chi connectivity index (χ2n) is 3.57. The first-order valence-electron chi connectivity index (χ1n) is 5.16. The second-order valence-corrected chi connectivity index (χ2v) is 5.27. The summed E-state index contributed by atoms with van der Waals surface area (Å²) in [5.41, 5.74) is 2.62. The zero-order valence-corrected chi connectivity index (χ0v) is 11.2. The van der Waals surface area contributed by atoms with Crippen molar-refractivity contribution < 1.29 is 0 Å². The minimum absolute atomic E-state index is 0.872. The lowest BCUT2D eigenvalue weighted by Gasteiger charge is -2.04. The first kappa shape index (κ1) is 11.8. The topological polar surface area (TPSA) is 24.9 Å². The van der Waals surface area contributed by atoms with Crippen molar-refractivity contribution in [3.05, 3.63) is 50.9 Å². The van der Waals surface area contributed by atoms with E-state index in [1.807, 2.05) is 6.20 Å². The largest absolute Gasteiger partial charge is 0.312 e. The normalized spacial score (nSPS) is 10.6. The number of rotatable bonds is 5. The first-order chi connectivity index (χ1) is 7.84. The van der Waals surface area contributed by atoms with Crippen LogP contribution in [0.1, 0.15) is 11.1 Å². The van der Waals surface area contributed by atoms with Gasteiger partial charge in [-0.25, -0.2) is 0 Å². The van der Waals surface area contributed by atoms with E-state index in [0.29, 0.717) is 0 Å². The molecule has 2 aromatic heterocycles. The van der Waals surface area contributed by atoms with Crippen molar-refractivity contribution in [1.29, 1.82) is 0 Å². The predicted octanol–water partition coefficient (Wildman–Crippen LogP) is 3.24. The van der Waals surface area contributed by atoms with Crippen molar-refractivity contribution in [3.8, 4) is 0 Å². The molecule has 0 saturated carbocycles. The van der Waals surface area contributed by atoms with Gasteiger partial charge in [-0.1, -0.05) is 0 Å².